The predicted octanol–water partition coefficient (Wildman–Crippen LogP) is 17.2. The maximum atomic E-state index is 4.52. The highest BCUT2D eigenvalue weighted by molar-refractivity contribution is 6.00. The lowest BCUT2D eigenvalue weighted by molar-refractivity contribution is 0.632. The minimum atomic E-state index is -0.125. The molecule has 3 heterocycles. The van der Waals surface area contributed by atoms with Gasteiger partial charge in [0.1, 0.15) is 0 Å². The van der Waals surface area contributed by atoms with Gasteiger partial charge in [-0.1, -0.05) is 143 Å². The third-order valence-corrected chi connectivity index (χ3v) is 14.3. The van der Waals surface area contributed by atoms with Crippen LogP contribution in [0.4, 0.5) is 68.2 Å². The first-order valence-electron chi connectivity index (χ1n) is 23.0. The van der Waals surface area contributed by atoms with Crippen LogP contribution in [0.15, 0.2) is 225 Å². The Morgan fingerprint density at radius 1 is 0.303 bits per heavy atom. The highest BCUT2D eigenvalue weighted by Gasteiger charge is 2.38. The summed E-state index contributed by atoms with van der Waals surface area (Å²) in [5, 5.41) is 0. The largest absolute Gasteiger partial charge is 0.310 e. The first kappa shape index (κ1) is 39.5. The van der Waals surface area contributed by atoms with Gasteiger partial charge in [0.2, 0.25) is 0 Å². The van der Waals surface area contributed by atoms with Gasteiger partial charge in [-0.15, -0.1) is 0 Å². The molecule has 0 amide bonds. The molecule has 0 bridgehead atoms. The van der Waals surface area contributed by atoms with Crippen molar-refractivity contribution < 1.29 is 0 Å². The number of anilines is 12. The number of rotatable bonds is 6. The maximum absolute atomic E-state index is 4.52. The van der Waals surface area contributed by atoms with Crippen molar-refractivity contribution in [1.82, 2.24) is 0 Å². The van der Waals surface area contributed by atoms with E-state index in [2.05, 4.69) is 272 Å². The monoisotopic (exact) mass is 850 g/mol. The van der Waals surface area contributed by atoms with E-state index in [4.69, 9.17) is 0 Å². The molecule has 0 aromatic heterocycles. The Hall–Kier alpha value is -8.08. The number of hydrogen-bond acceptors (Lipinski definition) is 4. The van der Waals surface area contributed by atoms with Crippen LogP contribution in [-0.4, -0.2) is 0 Å². The fraction of sp³-hybridized carbons (Fsp3) is 0.0968. The summed E-state index contributed by atoms with van der Waals surface area (Å²) < 4.78 is 0. The molecule has 3 aliphatic heterocycles. The van der Waals surface area contributed by atoms with Gasteiger partial charge in [-0.25, -0.2) is 0 Å². The third-order valence-electron chi connectivity index (χ3n) is 14.3. The summed E-state index contributed by atoms with van der Waals surface area (Å²) in [5.41, 5.74) is 22.0. The topological polar surface area (TPSA) is 13.0 Å². The van der Waals surface area contributed by atoms with E-state index >= 15 is 0 Å². The molecule has 9 aromatic rings. The maximum Gasteiger partial charge on any atom is 0.0540 e. The normalized spacial score (nSPS) is 14.8. The summed E-state index contributed by atoms with van der Waals surface area (Å²) in [6.07, 6.45) is 0. The van der Waals surface area contributed by atoms with Gasteiger partial charge in [-0.2, -0.15) is 0 Å². The molecule has 0 atom stereocenters. The Bertz CT molecular complexity index is 3040. The highest BCUT2D eigenvalue weighted by Crippen LogP contribution is 2.54. The number of fused-ring (bicyclic) bond motifs is 6. The van der Waals surface area contributed by atoms with E-state index in [1.54, 1.807) is 0 Å². The molecule has 318 valence electrons. The molecule has 12 rings (SSSR count). The molecule has 4 nitrogen and oxygen atoms in total. The van der Waals surface area contributed by atoms with Crippen molar-refractivity contribution in [3.63, 3.8) is 0 Å². The van der Waals surface area contributed by atoms with Crippen molar-refractivity contribution in [3.05, 3.63) is 258 Å². The zero-order valence-corrected chi connectivity index (χ0v) is 37.8. The van der Waals surface area contributed by atoms with Crippen LogP contribution in [0.2, 0.25) is 0 Å². The minimum Gasteiger partial charge on any atom is -0.310 e. The standard InChI is InChI=1S/C62H50N4/c1-42-49-18-6-12-24-55(49)64(56-25-13-7-19-50(42)56)46-36-30-43(31-37-46)63(44-32-38-47(39-33-44)65-57-26-14-8-20-51(57)61(2,3)52-21-9-15-27-58(52)65)45-34-40-48(41-35-45)66-59-28-16-10-22-53(59)62(4,5)54-23-11-17-29-60(54)66/h6-41H,1H2,2-5H3. The van der Waals surface area contributed by atoms with Gasteiger partial charge in [-0.3, -0.25) is 0 Å². The van der Waals surface area contributed by atoms with Gasteiger partial charge >= 0.3 is 0 Å². The second-order valence-corrected chi connectivity index (χ2v) is 18.7. The smallest absolute Gasteiger partial charge is 0.0540 e. The Labute approximate surface area is 388 Å². The predicted molar refractivity (Wildman–Crippen MR) is 278 cm³/mol. The molecule has 0 N–H and O–H groups in total. The number of para-hydroxylation sites is 6. The lowest BCUT2D eigenvalue weighted by Gasteiger charge is -2.42. The average molecular weight is 851 g/mol. The van der Waals surface area contributed by atoms with Crippen LogP contribution in [0.5, 0.6) is 0 Å². The highest BCUT2D eigenvalue weighted by atomic mass is 15.2. The van der Waals surface area contributed by atoms with E-state index < -0.39 is 0 Å². The Kier molecular flexibility index (Phi) is 8.98. The van der Waals surface area contributed by atoms with E-state index in [1.807, 2.05) is 0 Å². The fourth-order valence-electron chi connectivity index (χ4n) is 11.0. The fourth-order valence-corrected chi connectivity index (χ4v) is 11.0. The zero-order valence-electron chi connectivity index (χ0n) is 37.8. The lowest BCUT2D eigenvalue weighted by Crippen LogP contribution is -2.30. The van der Waals surface area contributed by atoms with Crippen molar-refractivity contribution in [1.29, 1.82) is 0 Å². The van der Waals surface area contributed by atoms with E-state index in [0.29, 0.717) is 0 Å². The van der Waals surface area contributed by atoms with Gasteiger partial charge in [0.15, 0.2) is 0 Å². The van der Waals surface area contributed by atoms with E-state index in [-0.39, 0.29) is 10.8 Å². The van der Waals surface area contributed by atoms with Crippen LogP contribution in [0.1, 0.15) is 61.1 Å². The first-order chi connectivity index (χ1) is 32.2. The number of hydrogen-bond donors (Lipinski definition) is 0. The average Bonchev–Trinajstić information content (AvgIpc) is 3.36. The molecule has 0 saturated carbocycles. The van der Waals surface area contributed by atoms with Crippen molar-refractivity contribution in [2.24, 2.45) is 0 Å². The molecule has 9 aromatic carbocycles. The van der Waals surface area contributed by atoms with Gasteiger partial charge in [0, 0.05) is 56.1 Å². The molecule has 0 unspecified atom stereocenters. The van der Waals surface area contributed by atoms with E-state index in [9.17, 15) is 0 Å². The first-order valence-corrected chi connectivity index (χ1v) is 23.0. The van der Waals surface area contributed by atoms with Gasteiger partial charge in [0.25, 0.3) is 0 Å². The van der Waals surface area contributed by atoms with Crippen LogP contribution >= 0.6 is 0 Å². The van der Waals surface area contributed by atoms with E-state index in [0.717, 1.165) is 62.2 Å². The Morgan fingerprint density at radius 3 is 0.848 bits per heavy atom. The van der Waals surface area contributed by atoms with Gasteiger partial charge in [-0.05, 0) is 137 Å². The molecule has 66 heavy (non-hydrogen) atoms. The summed E-state index contributed by atoms with van der Waals surface area (Å²) in [4.78, 5) is 9.58. The molecule has 0 saturated heterocycles. The van der Waals surface area contributed by atoms with Crippen LogP contribution < -0.4 is 19.6 Å². The summed E-state index contributed by atoms with van der Waals surface area (Å²) in [7, 11) is 0. The molecule has 0 spiro atoms. The molecule has 3 aliphatic rings. The number of benzene rings is 9. The number of nitrogens with zero attached hydrogens (tertiary/aromatic N) is 4. The molecular weight excluding hydrogens is 801 g/mol. The Balaban J connectivity index is 0.970. The third kappa shape index (κ3) is 5.98. The lowest BCUT2D eigenvalue weighted by atomic mass is 9.73. The van der Waals surface area contributed by atoms with Crippen molar-refractivity contribution >= 4 is 73.8 Å². The van der Waals surface area contributed by atoms with Crippen LogP contribution in [-0.2, 0) is 10.8 Å². The van der Waals surface area contributed by atoms with Gasteiger partial charge in [0.05, 0.1) is 34.1 Å². The van der Waals surface area contributed by atoms with Crippen molar-refractivity contribution in [2.75, 3.05) is 19.6 Å². The summed E-state index contributed by atoms with van der Waals surface area (Å²) in [6.45, 7) is 13.9. The summed E-state index contributed by atoms with van der Waals surface area (Å²) in [5.74, 6) is 0. The van der Waals surface area contributed by atoms with Crippen molar-refractivity contribution in [2.45, 2.75) is 38.5 Å². The van der Waals surface area contributed by atoms with Gasteiger partial charge < -0.3 is 19.6 Å². The molecular formula is C62H50N4. The van der Waals surface area contributed by atoms with Crippen LogP contribution in [0.25, 0.3) is 5.57 Å². The summed E-state index contributed by atoms with van der Waals surface area (Å²) >= 11 is 0. The van der Waals surface area contributed by atoms with Crippen molar-refractivity contribution in [3.8, 4) is 0 Å². The van der Waals surface area contributed by atoms with Crippen LogP contribution in [0.3, 0.4) is 0 Å². The second kappa shape index (κ2) is 15.0. The van der Waals surface area contributed by atoms with E-state index in [1.165, 1.54) is 45.0 Å². The second-order valence-electron chi connectivity index (χ2n) is 18.7. The quantitative estimate of drug-likeness (QED) is 0.165. The zero-order chi connectivity index (χ0) is 44.7. The summed E-state index contributed by atoms with van der Waals surface area (Å²) in [6, 6.07) is 79.7. The molecule has 0 radical (unpaired) electrons. The minimum absolute atomic E-state index is 0.125. The molecule has 0 aliphatic carbocycles. The SMILES string of the molecule is C=C1c2ccccc2N(c2ccc(N(c3ccc(N4c5ccccc5C(C)(C)c5ccccc54)cc3)c3ccc(N4c5ccccc5C(C)(C)c5ccccc54)cc3)cc2)c2ccccc21. The van der Waals surface area contributed by atoms with Crippen LogP contribution in [0, 0.1) is 0 Å². The molecule has 4 heteroatoms. The Morgan fingerprint density at radius 2 is 0.545 bits per heavy atom. The molecule has 0 fully saturated rings.